The van der Waals surface area contributed by atoms with Gasteiger partial charge in [0, 0.05) is 20.3 Å². The van der Waals surface area contributed by atoms with Gasteiger partial charge in [-0.2, -0.15) is 4.39 Å². The van der Waals surface area contributed by atoms with Crippen LogP contribution in [0.15, 0.2) is 17.8 Å². The van der Waals surface area contributed by atoms with Crippen LogP contribution in [0.3, 0.4) is 0 Å². The molecule has 0 aliphatic heterocycles. The van der Waals surface area contributed by atoms with E-state index in [1.807, 2.05) is 0 Å². The van der Waals surface area contributed by atoms with Crippen LogP contribution in [-0.2, 0) is 0 Å². The molecule has 0 rings (SSSR count). The van der Waals surface area contributed by atoms with Gasteiger partial charge in [-0.3, -0.25) is 0 Å². The first kappa shape index (κ1) is 7.14. The van der Waals surface area contributed by atoms with E-state index in [4.69, 9.17) is 0 Å². The Morgan fingerprint density at radius 2 is 2.25 bits per heavy atom. The Balaban J connectivity index is 3.78. The van der Waals surface area contributed by atoms with E-state index in [0.29, 0.717) is 0 Å². The lowest BCUT2D eigenvalue weighted by Crippen LogP contribution is -2.16. The predicted molar refractivity (Wildman–Crippen MR) is 32.4 cm³/mol. The van der Waals surface area contributed by atoms with Crippen molar-refractivity contribution >= 4 is 6.09 Å². The number of hydrogen-bond donors (Lipinski definition) is 0. The van der Waals surface area contributed by atoms with Crippen molar-refractivity contribution in [2.45, 2.75) is 0 Å². The van der Waals surface area contributed by atoms with Gasteiger partial charge in [0.25, 0.3) is 6.09 Å². The van der Waals surface area contributed by atoms with Gasteiger partial charge in [-0.25, -0.2) is 4.99 Å². The Morgan fingerprint density at radius 3 is 2.38 bits per heavy atom. The molecule has 0 amide bonds. The van der Waals surface area contributed by atoms with Crippen molar-refractivity contribution in [1.29, 1.82) is 0 Å². The molecule has 0 N–H and O–H groups in total. The molecule has 0 unspecified atom stereocenters. The van der Waals surface area contributed by atoms with Gasteiger partial charge in [0.05, 0.1) is 0 Å². The smallest absolute Gasteiger partial charge is 0.284 e. The fourth-order valence-corrected chi connectivity index (χ4v) is 0.191. The van der Waals surface area contributed by atoms with E-state index in [-0.39, 0.29) is 0 Å². The second-order valence-corrected chi connectivity index (χ2v) is 1.48. The number of halogens is 1. The van der Waals surface area contributed by atoms with Gasteiger partial charge < -0.3 is 4.90 Å². The van der Waals surface area contributed by atoms with E-state index in [2.05, 4.69) is 11.6 Å². The third-order valence-electron chi connectivity index (χ3n) is 0.567. The summed E-state index contributed by atoms with van der Waals surface area (Å²) in [7, 11) is 3.14. The normalized spacial score (nSPS) is 11.1. The van der Waals surface area contributed by atoms with Crippen molar-refractivity contribution in [2.24, 2.45) is 4.99 Å². The van der Waals surface area contributed by atoms with E-state index in [0.717, 1.165) is 6.20 Å². The molecule has 3 heteroatoms. The highest BCUT2D eigenvalue weighted by atomic mass is 19.1. The molecule has 0 saturated carbocycles. The fourth-order valence-electron chi connectivity index (χ4n) is 0.191. The molecule has 0 saturated heterocycles. The molecular formula is C5H9FN2. The number of aliphatic imine (C=N–C) groups is 1. The van der Waals surface area contributed by atoms with Gasteiger partial charge in [-0.1, -0.05) is 6.58 Å². The lowest BCUT2D eigenvalue weighted by atomic mass is 10.9. The Bertz CT molecular complexity index is 107. The second-order valence-electron chi connectivity index (χ2n) is 1.48. The van der Waals surface area contributed by atoms with Gasteiger partial charge in [0.2, 0.25) is 0 Å². The molecule has 0 bridgehead atoms. The molecule has 0 radical (unpaired) electrons. The number of hydrogen-bond acceptors (Lipinski definition) is 1. The number of amidine groups is 1. The van der Waals surface area contributed by atoms with Crippen molar-refractivity contribution in [2.75, 3.05) is 14.1 Å². The summed E-state index contributed by atoms with van der Waals surface area (Å²) in [5.41, 5.74) is 0. The maximum Gasteiger partial charge on any atom is 0.284 e. The summed E-state index contributed by atoms with van der Waals surface area (Å²) < 4.78 is 12.1. The zero-order valence-electron chi connectivity index (χ0n) is 5.06. The summed E-state index contributed by atoms with van der Waals surface area (Å²) in [6.45, 7) is 3.23. The molecule has 0 aromatic rings. The van der Waals surface area contributed by atoms with Gasteiger partial charge in [0.15, 0.2) is 0 Å². The fraction of sp³-hybridized carbons (Fsp3) is 0.400. The third-order valence-corrected chi connectivity index (χ3v) is 0.567. The van der Waals surface area contributed by atoms with Crippen LogP contribution < -0.4 is 0 Å². The van der Waals surface area contributed by atoms with Gasteiger partial charge in [-0.05, 0) is 0 Å². The summed E-state index contributed by atoms with van der Waals surface area (Å²) in [6, 6.07) is 0. The molecule has 46 valence electrons. The summed E-state index contributed by atoms with van der Waals surface area (Å²) in [5, 5.41) is 0. The summed E-state index contributed by atoms with van der Waals surface area (Å²) in [5.74, 6) is 0. The van der Waals surface area contributed by atoms with Crippen LogP contribution in [0.4, 0.5) is 4.39 Å². The van der Waals surface area contributed by atoms with E-state index in [1.165, 1.54) is 4.90 Å². The van der Waals surface area contributed by atoms with Gasteiger partial charge in [0.1, 0.15) is 0 Å². The van der Waals surface area contributed by atoms with Crippen LogP contribution in [0.1, 0.15) is 0 Å². The average molecular weight is 116 g/mol. The van der Waals surface area contributed by atoms with Crippen LogP contribution in [0.2, 0.25) is 0 Å². The molecule has 2 nitrogen and oxygen atoms in total. The summed E-state index contributed by atoms with van der Waals surface area (Å²) in [6.07, 6.45) is 0.634. The molecular weight excluding hydrogens is 107 g/mol. The molecule has 0 aliphatic carbocycles. The van der Waals surface area contributed by atoms with Crippen LogP contribution in [0.5, 0.6) is 0 Å². The lowest BCUT2D eigenvalue weighted by molar-refractivity contribution is 0.529. The van der Waals surface area contributed by atoms with Crippen LogP contribution in [0.25, 0.3) is 0 Å². The van der Waals surface area contributed by atoms with E-state index < -0.39 is 6.09 Å². The van der Waals surface area contributed by atoms with Crippen molar-refractivity contribution < 1.29 is 4.39 Å². The van der Waals surface area contributed by atoms with E-state index >= 15 is 0 Å². The molecule has 0 aromatic heterocycles. The standard InChI is InChI=1S/C5H9FN2/c1-4-7-5(6)8(2)3/h4H,1H2,2-3H3. The van der Waals surface area contributed by atoms with Gasteiger partial charge >= 0.3 is 0 Å². The lowest BCUT2D eigenvalue weighted by Gasteiger charge is -2.03. The van der Waals surface area contributed by atoms with Crippen molar-refractivity contribution in [3.8, 4) is 0 Å². The highest BCUT2D eigenvalue weighted by molar-refractivity contribution is 5.72. The molecule has 0 atom stereocenters. The van der Waals surface area contributed by atoms with E-state index in [9.17, 15) is 4.39 Å². The van der Waals surface area contributed by atoms with Crippen molar-refractivity contribution in [3.05, 3.63) is 12.8 Å². The Hall–Kier alpha value is -0.860. The highest BCUT2D eigenvalue weighted by Crippen LogP contribution is 1.83. The molecule has 0 aromatic carbocycles. The maximum atomic E-state index is 12.1. The van der Waals surface area contributed by atoms with Crippen LogP contribution in [0, 0.1) is 0 Å². The minimum absolute atomic E-state index is 0.528. The molecule has 0 heterocycles. The first-order valence-electron chi connectivity index (χ1n) is 2.20. The minimum Gasteiger partial charge on any atom is -0.339 e. The quantitative estimate of drug-likeness (QED) is 0.283. The van der Waals surface area contributed by atoms with Crippen molar-refractivity contribution in [1.82, 2.24) is 4.90 Å². The zero-order chi connectivity index (χ0) is 6.57. The monoisotopic (exact) mass is 116 g/mol. The SMILES string of the molecule is C=CN=C(F)N(C)C. The first-order chi connectivity index (χ1) is 3.68. The zero-order valence-corrected chi connectivity index (χ0v) is 5.06. The topological polar surface area (TPSA) is 15.6 Å². The van der Waals surface area contributed by atoms with Crippen molar-refractivity contribution in [3.63, 3.8) is 0 Å². The number of nitrogens with zero attached hydrogens (tertiary/aromatic N) is 2. The third kappa shape index (κ3) is 2.34. The summed E-state index contributed by atoms with van der Waals surface area (Å²) in [4.78, 5) is 4.53. The minimum atomic E-state index is -0.528. The number of rotatable bonds is 1. The van der Waals surface area contributed by atoms with Crippen LogP contribution >= 0.6 is 0 Å². The predicted octanol–water partition coefficient (Wildman–Crippen LogP) is 1.02. The van der Waals surface area contributed by atoms with Gasteiger partial charge in [-0.15, -0.1) is 0 Å². The molecule has 0 aliphatic rings. The van der Waals surface area contributed by atoms with Crippen LogP contribution in [-0.4, -0.2) is 25.1 Å². The Labute approximate surface area is 48.3 Å². The first-order valence-corrected chi connectivity index (χ1v) is 2.20. The maximum absolute atomic E-state index is 12.1. The Morgan fingerprint density at radius 1 is 1.75 bits per heavy atom. The second kappa shape index (κ2) is 3.18. The largest absolute Gasteiger partial charge is 0.339 e. The molecule has 8 heavy (non-hydrogen) atoms. The summed E-state index contributed by atoms with van der Waals surface area (Å²) >= 11 is 0. The molecule has 0 fully saturated rings. The molecule has 0 spiro atoms. The highest BCUT2D eigenvalue weighted by Gasteiger charge is 1.92. The average Bonchev–Trinajstić information content (AvgIpc) is 1.67. The Kier molecular flexibility index (Phi) is 2.84. The van der Waals surface area contributed by atoms with E-state index in [1.54, 1.807) is 14.1 Å².